The minimum atomic E-state index is -0.0340. The highest BCUT2D eigenvalue weighted by atomic mass is 16.6. The number of rotatable bonds is 8. The lowest BCUT2D eigenvalue weighted by molar-refractivity contribution is -0.876. The van der Waals surface area contributed by atoms with Gasteiger partial charge in [-0.25, -0.2) is 0 Å². The molecule has 1 fully saturated rings. The lowest BCUT2D eigenvalue weighted by Gasteiger charge is -2.39. The maximum absolute atomic E-state index is 12.3. The van der Waals surface area contributed by atoms with E-state index >= 15 is 0 Å². The second-order valence-corrected chi connectivity index (χ2v) is 5.75. The lowest BCUT2D eigenvalue weighted by atomic mass is 10.1. The number of hydroxylamine groups is 3. The summed E-state index contributed by atoms with van der Waals surface area (Å²) in [5.41, 5.74) is 0. The summed E-state index contributed by atoms with van der Waals surface area (Å²) in [5.74, 6) is 0. The first-order valence-corrected chi connectivity index (χ1v) is 7.38. The number of unbranched alkanes of at least 4 members (excludes halogenated alkanes) is 4. The van der Waals surface area contributed by atoms with E-state index in [2.05, 4.69) is 18.7 Å². The monoisotopic (exact) mass is 242 g/mol. The Morgan fingerprint density at radius 2 is 1.82 bits per heavy atom. The first-order chi connectivity index (χ1) is 8.10. The zero-order chi connectivity index (χ0) is 12.7. The van der Waals surface area contributed by atoms with Gasteiger partial charge in [0.1, 0.15) is 12.7 Å². The minimum absolute atomic E-state index is 0.0340. The van der Waals surface area contributed by atoms with Crippen molar-refractivity contribution in [2.75, 3.05) is 26.8 Å². The van der Waals surface area contributed by atoms with Gasteiger partial charge in [-0.05, 0) is 12.8 Å². The van der Waals surface area contributed by atoms with E-state index in [1.165, 1.54) is 32.1 Å². The molecule has 0 aromatic rings. The summed E-state index contributed by atoms with van der Waals surface area (Å²) >= 11 is 0. The molecule has 1 heterocycles. The molecule has 0 aromatic heterocycles. The lowest BCUT2D eigenvalue weighted by Crippen LogP contribution is -2.43. The van der Waals surface area contributed by atoms with Crippen molar-refractivity contribution in [3.8, 4) is 0 Å². The first kappa shape index (κ1) is 14.9. The molecule has 0 aromatic carbocycles. The van der Waals surface area contributed by atoms with E-state index in [0.717, 1.165) is 25.9 Å². The predicted octanol–water partition coefficient (Wildman–Crippen LogP) is 3.34. The molecule has 1 saturated heterocycles. The summed E-state index contributed by atoms with van der Waals surface area (Å²) in [6.07, 6.45) is 8.79. The van der Waals surface area contributed by atoms with Crippen molar-refractivity contribution in [3.63, 3.8) is 0 Å². The third-order valence-electron chi connectivity index (χ3n) is 3.90. The van der Waals surface area contributed by atoms with Crippen LogP contribution in [0.2, 0.25) is 0 Å². The van der Waals surface area contributed by atoms with Gasteiger partial charge in [-0.15, -0.1) is 0 Å². The molecule has 17 heavy (non-hydrogen) atoms. The fraction of sp³-hybridized carbons (Fsp3) is 1.00. The molecule has 0 bridgehead atoms. The van der Waals surface area contributed by atoms with Crippen LogP contribution in [0.4, 0.5) is 0 Å². The molecule has 0 saturated carbocycles. The van der Waals surface area contributed by atoms with Crippen molar-refractivity contribution in [3.05, 3.63) is 5.21 Å². The van der Waals surface area contributed by atoms with Gasteiger partial charge in [0, 0.05) is 13.0 Å². The molecule has 0 aliphatic carbocycles. The molecule has 0 N–H and O–H groups in total. The van der Waals surface area contributed by atoms with Crippen LogP contribution in [-0.2, 0) is 0 Å². The number of hydrogen-bond donors (Lipinski definition) is 0. The summed E-state index contributed by atoms with van der Waals surface area (Å²) < 4.78 is -0.0340. The Morgan fingerprint density at radius 3 is 2.47 bits per heavy atom. The molecule has 1 aliphatic rings. The highest BCUT2D eigenvalue weighted by molar-refractivity contribution is 4.72. The van der Waals surface area contributed by atoms with Crippen molar-refractivity contribution < 1.29 is 4.65 Å². The van der Waals surface area contributed by atoms with Crippen molar-refractivity contribution in [2.45, 2.75) is 64.8 Å². The number of hydrogen-bond acceptors (Lipinski definition) is 2. The summed E-state index contributed by atoms with van der Waals surface area (Å²) in [5, 5.41) is 12.3. The summed E-state index contributed by atoms with van der Waals surface area (Å²) in [4.78, 5) is 2.34. The molecule has 0 amide bonds. The smallest absolute Gasteiger partial charge is 0.135 e. The SMILES string of the molecule is CCCCCCCC1CN(CCC)C[N+]1(C)[O-]. The van der Waals surface area contributed by atoms with Crippen LogP contribution >= 0.6 is 0 Å². The molecule has 2 unspecified atom stereocenters. The van der Waals surface area contributed by atoms with E-state index in [0.29, 0.717) is 12.7 Å². The molecule has 0 spiro atoms. The zero-order valence-corrected chi connectivity index (χ0v) is 12.0. The molecule has 2 atom stereocenters. The van der Waals surface area contributed by atoms with Gasteiger partial charge < -0.3 is 9.85 Å². The Balaban J connectivity index is 2.22. The summed E-state index contributed by atoms with van der Waals surface area (Å²) in [6.45, 7) is 7.23. The van der Waals surface area contributed by atoms with Gasteiger partial charge in [-0.1, -0.05) is 39.5 Å². The van der Waals surface area contributed by atoms with Crippen LogP contribution in [0.1, 0.15) is 58.8 Å². The Bertz CT molecular complexity index is 206. The minimum Gasteiger partial charge on any atom is -0.632 e. The van der Waals surface area contributed by atoms with Crippen LogP contribution in [0, 0.1) is 5.21 Å². The number of quaternary nitrogens is 1. The number of nitrogens with zero attached hydrogens (tertiary/aromatic N) is 2. The van der Waals surface area contributed by atoms with Gasteiger partial charge in [0.05, 0.1) is 13.6 Å². The molecule has 0 radical (unpaired) electrons. The van der Waals surface area contributed by atoms with Crippen LogP contribution in [0.25, 0.3) is 0 Å². The van der Waals surface area contributed by atoms with E-state index < -0.39 is 0 Å². The van der Waals surface area contributed by atoms with Crippen molar-refractivity contribution in [2.24, 2.45) is 0 Å². The van der Waals surface area contributed by atoms with E-state index in [4.69, 9.17) is 0 Å². The fourth-order valence-corrected chi connectivity index (χ4v) is 2.87. The molecular formula is C14H30N2O. The second kappa shape index (κ2) is 7.34. The maximum Gasteiger partial charge on any atom is 0.135 e. The Kier molecular flexibility index (Phi) is 6.45. The summed E-state index contributed by atoms with van der Waals surface area (Å²) in [6, 6.07) is 0.322. The van der Waals surface area contributed by atoms with E-state index in [1.54, 1.807) is 0 Å². The first-order valence-electron chi connectivity index (χ1n) is 7.38. The van der Waals surface area contributed by atoms with Gasteiger partial charge in [0.15, 0.2) is 0 Å². The van der Waals surface area contributed by atoms with Gasteiger partial charge in [-0.2, -0.15) is 0 Å². The molecule has 3 heteroatoms. The Morgan fingerprint density at radius 1 is 1.12 bits per heavy atom. The van der Waals surface area contributed by atoms with Gasteiger partial charge in [0.2, 0.25) is 0 Å². The third kappa shape index (κ3) is 4.94. The predicted molar refractivity (Wildman–Crippen MR) is 73.4 cm³/mol. The van der Waals surface area contributed by atoms with Crippen LogP contribution in [-0.4, -0.2) is 42.4 Å². The Labute approximate surface area is 107 Å². The summed E-state index contributed by atoms with van der Waals surface area (Å²) in [7, 11) is 1.85. The van der Waals surface area contributed by atoms with Gasteiger partial charge in [0.25, 0.3) is 0 Å². The normalized spacial score (nSPS) is 30.0. The van der Waals surface area contributed by atoms with Crippen molar-refractivity contribution in [1.29, 1.82) is 0 Å². The van der Waals surface area contributed by atoms with Gasteiger partial charge >= 0.3 is 0 Å². The van der Waals surface area contributed by atoms with Crippen LogP contribution in [0.3, 0.4) is 0 Å². The number of likely N-dealkylation sites (N-methyl/N-ethyl adjacent to an activating group) is 1. The average molecular weight is 242 g/mol. The second-order valence-electron chi connectivity index (χ2n) is 5.75. The van der Waals surface area contributed by atoms with Crippen LogP contribution in [0.15, 0.2) is 0 Å². The molecular weight excluding hydrogens is 212 g/mol. The molecule has 3 nitrogen and oxygen atoms in total. The quantitative estimate of drug-likeness (QED) is 0.371. The average Bonchev–Trinajstić information content (AvgIpc) is 2.54. The van der Waals surface area contributed by atoms with Crippen molar-refractivity contribution in [1.82, 2.24) is 4.90 Å². The molecule has 1 aliphatic heterocycles. The third-order valence-corrected chi connectivity index (χ3v) is 3.90. The van der Waals surface area contributed by atoms with E-state index in [1.807, 2.05) is 7.05 Å². The van der Waals surface area contributed by atoms with Crippen molar-refractivity contribution >= 4 is 0 Å². The largest absolute Gasteiger partial charge is 0.632 e. The highest BCUT2D eigenvalue weighted by Gasteiger charge is 2.35. The van der Waals surface area contributed by atoms with E-state index in [9.17, 15) is 5.21 Å². The topological polar surface area (TPSA) is 26.3 Å². The van der Waals surface area contributed by atoms with Gasteiger partial charge in [-0.3, -0.25) is 4.90 Å². The van der Waals surface area contributed by atoms with Crippen LogP contribution in [0.5, 0.6) is 0 Å². The molecule has 102 valence electrons. The zero-order valence-electron chi connectivity index (χ0n) is 12.0. The molecule has 1 rings (SSSR count). The maximum atomic E-state index is 12.3. The van der Waals surface area contributed by atoms with E-state index in [-0.39, 0.29) is 4.65 Å². The fourth-order valence-electron chi connectivity index (χ4n) is 2.87. The highest BCUT2D eigenvalue weighted by Crippen LogP contribution is 2.24. The van der Waals surface area contributed by atoms with Crippen LogP contribution < -0.4 is 0 Å². The Hall–Kier alpha value is -0.120. The standard InChI is InChI=1S/C14H30N2O/c1-4-6-7-8-9-10-14-12-15(11-5-2)13-16(14,3)17/h14H,4-13H2,1-3H3.